The van der Waals surface area contributed by atoms with Gasteiger partial charge in [0.1, 0.15) is 0 Å². The molecular formula is C18H19N3. The van der Waals surface area contributed by atoms with E-state index in [0.29, 0.717) is 5.92 Å². The third kappa shape index (κ3) is 2.68. The minimum absolute atomic E-state index is 0.539. The summed E-state index contributed by atoms with van der Waals surface area (Å²) in [5, 5.41) is 5.46. The van der Waals surface area contributed by atoms with Crippen molar-refractivity contribution < 1.29 is 0 Å². The van der Waals surface area contributed by atoms with E-state index in [1.165, 1.54) is 5.56 Å². The fourth-order valence-corrected chi connectivity index (χ4v) is 2.41. The molecule has 3 heteroatoms. The molecular weight excluding hydrogens is 258 g/mol. The van der Waals surface area contributed by atoms with E-state index in [2.05, 4.69) is 48.4 Å². The molecule has 0 aliphatic heterocycles. The molecule has 0 spiro atoms. The van der Waals surface area contributed by atoms with Crippen LogP contribution in [0.2, 0.25) is 0 Å². The third-order valence-corrected chi connectivity index (χ3v) is 3.72. The fraction of sp³-hybridized carbons (Fsp3) is 0.167. The van der Waals surface area contributed by atoms with Crippen LogP contribution < -0.4 is 11.1 Å². The largest absolute Gasteiger partial charge is 0.397 e. The lowest BCUT2D eigenvalue weighted by Gasteiger charge is -2.12. The van der Waals surface area contributed by atoms with Crippen LogP contribution in [0.25, 0.3) is 10.8 Å². The summed E-state index contributed by atoms with van der Waals surface area (Å²) in [6.45, 7) is 4.38. The smallest absolute Gasteiger partial charge is 0.0634 e. The second-order valence-electron chi connectivity index (χ2n) is 5.53. The van der Waals surface area contributed by atoms with Crippen molar-refractivity contribution in [3.63, 3.8) is 0 Å². The van der Waals surface area contributed by atoms with E-state index in [1.807, 2.05) is 24.4 Å². The maximum Gasteiger partial charge on any atom is 0.0634 e. The maximum absolute atomic E-state index is 6.25. The lowest BCUT2D eigenvalue weighted by Crippen LogP contribution is -1.98. The monoisotopic (exact) mass is 277 g/mol. The van der Waals surface area contributed by atoms with Crippen molar-refractivity contribution in [2.45, 2.75) is 19.8 Å². The van der Waals surface area contributed by atoms with Crippen LogP contribution in [0.5, 0.6) is 0 Å². The summed E-state index contributed by atoms with van der Waals surface area (Å²) < 4.78 is 0. The number of rotatable bonds is 3. The molecule has 0 unspecified atom stereocenters. The predicted octanol–water partition coefficient (Wildman–Crippen LogP) is 4.68. The van der Waals surface area contributed by atoms with Crippen molar-refractivity contribution in [1.82, 2.24) is 4.98 Å². The van der Waals surface area contributed by atoms with Crippen LogP contribution >= 0.6 is 0 Å². The van der Waals surface area contributed by atoms with Gasteiger partial charge < -0.3 is 11.1 Å². The first-order valence-electron chi connectivity index (χ1n) is 7.14. The van der Waals surface area contributed by atoms with Crippen molar-refractivity contribution in [2.75, 3.05) is 11.1 Å². The van der Waals surface area contributed by atoms with E-state index in [1.54, 1.807) is 6.20 Å². The minimum Gasteiger partial charge on any atom is -0.397 e. The van der Waals surface area contributed by atoms with Crippen LogP contribution in [0, 0.1) is 0 Å². The van der Waals surface area contributed by atoms with Crippen LogP contribution in [0.3, 0.4) is 0 Å². The number of aromatic nitrogens is 1. The van der Waals surface area contributed by atoms with Crippen LogP contribution in [0.15, 0.2) is 54.9 Å². The van der Waals surface area contributed by atoms with Gasteiger partial charge in [-0.3, -0.25) is 4.98 Å². The molecule has 3 N–H and O–H groups in total. The highest BCUT2D eigenvalue weighted by Crippen LogP contribution is 2.30. The van der Waals surface area contributed by atoms with Gasteiger partial charge in [-0.15, -0.1) is 0 Å². The molecule has 0 aliphatic rings. The van der Waals surface area contributed by atoms with E-state index >= 15 is 0 Å². The third-order valence-electron chi connectivity index (χ3n) is 3.72. The molecule has 106 valence electrons. The van der Waals surface area contributed by atoms with Crippen LogP contribution in [0.1, 0.15) is 25.3 Å². The molecule has 3 rings (SSSR count). The highest BCUT2D eigenvalue weighted by Gasteiger charge is 2.05. The maximum atomic E-state index is 6.25. The Morgan fingerprint density at radius 3 is 2.48 bits per heavy atom. The van der Waals surface area contributed by atoms with Gasteiger partial charge in [-0.2, -0.15) is 0 Å². The first-order valence-corrected chi connectivity index (χ1v) is 7.14. The topological polar surface area (TPSA) is 50.9 Å². The Morgan fingerprint density at radius 2 is 1.76 bits per heavy atom. The van der Waals surface area contributed by atoms with Gasteiger partial charge in [0.15, 0.2) is 0 Å². The quantitative estimate of drug-likeness (QED) is 0.683. The van der Waals surface area contributed by atoms with Gasteiger partial charge in [-0.05, 0) is 35.7 Å². The number of anilines is 3. The Bertz CT molecular complexity index is 761. The lowest BCUT2D eigenvalue weighted by molar-refractivity contribution is 0.867. The zero-order valence-electron chi connectivity index (χ0n) is 12.3. The number of nitrogens with zero attached hydrogens (tertiary/aromatic N) is 1. The molecule has 0 fully saturated rings. The number of nitrogen functional groups attached to an aromatic ring is 1. The molecule has 1 aromatic heterocycles. The van der Waals surface area contributed by atoms with Crippen LogP contribution in [-0.2, 0) is 0 Å². The van der Waals surface area contributed by atoms with Crippen molar-refractivity contribution >= 4 is 27.8 Å². The van der Waals surface area contributed by atoms with Gasteiger partial charge in [-0.1, -0.05) is 32.0 Å². The summed E-state index contributed by atoms with van der Waals surface area (Å²) >= 11 is 0. The van der Waals surface area contributed by atoms with Crippen LogP contribution in [0.4, 0.5) is 17.1 Å². The van der Waals surface area contributed by atoms with Gasteiger partial charge in [0.2, 0.25) is 0 Å². The van der Waals surface area contributed by atoms with E-state index < -0.39 is 0 Å². The van der Waals surface area contributed by atoms with Gasteiger partial charge in [0.25, 0.3) is 0 Å². The Hall–Kier alpha value is -2.55. The van der Waals surface area contributed by atoms with Crippen molar-refractivity contribution in [1.29, 1.82) is 0 Å². The average Bonchev–Trinajstić information content (AvgIpc) is 2.51. The normalized spacial score (nSPS) is 11.0. The zero-order chi connectivity index (χ0) is 14.8. The Labute approximate surface area is 124 Å². The SMILES string of the molecule is CC(C)c1ccc(Nc2ccc3cnccc3c2N)cc1. The molecule has 0 atom stereocenters. The first kappa shape index (κ1) is 13.4. The van der Waals surface area contributed by atoms with Gasteiger partial charge in [0.05, 0.1) is 11.4 Å². The summed E-state index contributed by atoms with van der Waals surface area (Å²) in [5.74, 6) is 0.539. The second-order valence-corrected chi connectivity index (χ2v) is 5.53. The molecule has 0 radical (unpaired) electrons. The van der Waals surface area contributed by atoms with E-state index in [-0.39, 0.29) is 0 Å². The number of fused-ring (bicyclic) bond motifs is 1. The Morgan fingerprint density at radius 1 is 1.00 bits per heavy atom. The molecule has 3 nitrogen and oxygen atoms in total. The summed E-state index contributed by atoms with van der Waals surface area (Å²) in [4.78, 5) is 4.12. The summed E-state index contributed by atoms with van der Waals surface area (Å²) in [7, 11) is 0. The van der Waals surface area contributed by atoms with E-state index in [4.69, 9.17) is 5.73 Å². The van der Waals surface area contributed by atoms with Crippen molar-refractivity contribution in [2.24, 2.45) is 0 Å². The highest BCUT2D eigenvalue weighted by atomic mass is 14.9. The standard InChI is InChI=1S/C18H19N3/c1-12(2)13-3-6-15(7-4-13)21-17-8-5-14-11-20-10-9-16(14)18(17)19/h3-12,21H,19H2,1-2H3. The number of benzene rings is 2. The summed E-state index contributed by atoms with van der Waals surface area (Å²) in [6.07, 6.45) is 3.59. The van der Waals surface area contributed by atoms with Crippen molar-refractivity contribution in [3.8, 4) is 0 Å². The van der Waals surface area contributed by atoms with Gasteiger partial charge in [-0.25, -0.2) is 0 Å². The fourth-order valence-electron chi connectivity index (χ4n) is 2.41. The molecule has 0 saturated heterocycles. The molecule has 0 amide bonds. The Balaban J connectivity index is 1.92. The lowest BCUT2D eigenvalue weighted by atomic mass is 10.0. The number of hydrogen-bond acceptors (Lipinski definition) is 3. The molecule has 0 bridgehead atoms. The molecule has 21 heavy (non-hydrogen) atoms. The Kier molecular flexibility index (Phi) is 3.48. The summed E-state index contributed by atoms with van der Waals surface area (Å²) in [6, 6.07) is 14.4. The number of pyridine rings is 1. The molecule has 2 aromatic carbocycles. The zero-order valence-corrected chi connectivity index (χ0v) is 12.3. The van der Waals surface area contributed by atoms with Crippen molar-refractivity contribution in [3.05, 3.63) is 60.4 Å². The summed E-state index contributed by atoms with van der Waals surface area (Å²) in [5.41, 5.74) is 10.3. The van der Waals surface area contributed by atoms with E-state index in [0.717, 1.165) is 27.8 Å². The molecule has 0 saturated carbocycles. The molecule has 3 aromatic rings. The highest BCUT2D eigenvalue weighted by molar-refractivity contribution is 5.99. The predicted molar refractivity (Wildman–Crippen MR) is 90.0 cm³/mol. The molecule has 0 aliphatic carbocycles. The second kappa shape index (κ2) is 5.44. The number of nitrogens with one attached hydrogen (secondary N) is 1. The first-order chi connectivity index (χ1) is 10.1. The number of nitrogens with two attached hydrogens (primary N) is 1. The van der Waals surface area contributed by atoms with Gasteiger partial charge in [0, 0.05) is 28.9 Å². The minimum atomic E-state index is 0.539. The average molecular weight is 277 g/mol. The number of hydrogen-bond donors (Lipinski definition) is 2. The van der Waals surface area contributed by atoms with E-state index in [9.17, 15) is 0 Å². The van der Waals surface area contributed by atoms with Gasteiger partial charge >= 0.3 is 0 Å². The van der Waals surface area contributed by atoms with Crippen LogP contribution in [-0.4, -0.2) is 4.98 Å². The molecule has 1 heterocycles.